The predicted molar refractivity (Wildman–Crippen MR) is 90.2 cm³/mol. The van der Waals surface area contributed by atoms with E-state index in [1.807, 2.05) is 35.8 Å². The Balaban J connectivity index is 1.46. The standard InChI is InChI=1S/C18H24N4O/c1-13-19-14-6-2-3-8-17(14)22(13)12-18(23)20-15-9-11-21-10-5-4-7-16(15)21/h2-3,6,8,15-16H,4-5,7,9-12H2,1H3,(H,20,23)/t15-,16+/m1/s1. The fourth-order valence-corrected chi connectivity index (χ4v) is 4.21. The minimum Gasteiger partial charge on any atom is -0.350 e. The van der Waals surface area contributed by atoms with Gasteiger partial charge in [0.15, 0.2) is 0 Å². The molecule has 1 aromatic heterocycles. The van der Waals surface area contributed by atoms with Gasteiger partial charge in [-0.25, -0.2) is 4.98 Å². The molecule has 23 heavy (non-hydrogen) atoms. The Bertz CT molecular complexity index is 723. The van der Waals surface area contributed by atoms with Crippen molar-refractivity contribution in [1.82, 2.24) is 19.8 Å². The summed E-state index contributed by atoms with van der Waals surface area (Å²) >= 11 is 0. The first-order valence-corrected chi connectivity index (χ1v) is 8.67. The molecule has 0 radical (unpaired) electrons. The molecule has 2 aliphatic rings. The average Bonchev–Trinajstić information content (AvgIpc) is 3.10. The van der Waals surface area contributed by atoms with Gasteiger partial charge < -0.3 is 9.88 Å². The van der Waals surface area contributed by atoms with Gasteiger partial charge in [0.2, 0.25) is 5.91 Å². The van der Waals surface area contributed by atoms with Gasteiger partial charge in [-0.15, -0.1) is 0 Å². The van der Waals surface area contributed by atoms with Crippen molar-refractivity contribution in [2.24, 2.45) is 0 Å². The lowest BCUT2D eigenvalue weighted by Crippen LogP contribution is -2.47. The Kier molecular flexibility index (Phi) is 3.81. The number of para-hydroxylation sites is 2. The van der Waals surface area contributed by atoms with Crippen LogP contribution in [0, 0.1) is 6.92 Å². The van der Waals surface area contributed by atoms with E-state index in [9.17, 15) is 4.79 Å². The Morgan fingerprint density at radius 2 is 2.13 bits per heavy atom. The molecule has 4 rings (SSSR count). The van der Waals surface area contributed by atoms with Crippen LogP contribution in [0.25, 0.3) is 11.0 Å². The van der Waals surface area contributed by atoms with Crippen LogP contribution in [-0.4, -0.2) is 45.5 Å². The molecule has 2 saturated heterocycles. The van der Waals surface area contributed by atoms with Crippen molar-refractivity contribution in [3.63, 3.8) is 0 Å². The number of carbonyl (C=O) groups is 1. The molecule has 3 heterocycles. The zero-order chi connectivity index (χ0) is 15.8. The quantitative estimate of drug-likeness (QED) is 0.944. The maximum Gasteiger partial charge on any atom is 0.240 e. The Morgan fingerprint density at radius 1 is 1.26 bits per heavy atom. The minimum atomic E-state index is 0.105. The Morgan fingerprint density at radius 3 is 3.04 bits per heavy atom. The number of nitrogens with one attached hydrogen (secondary N) is 1. The largest absolute Gasteiger partial charge is 0.350 e. The lowest BCUT2D eigenvalue weighted by Gasteiger charge is -2.32. The molecule has 0 spiro atoms. The van der Waals surface area contributed by atoms with E-state index in [2.05, 4.69) is 15.2 Å². The Labute approximate surface area is 136 Å². The summed E-state index contributed by atoms with van der Waals surface area (Å²) in [6.45, 7) is 4.65. The predicted octanol–water partition coefficient (Wildman–Crippen LogP) is 2.09. The number of hydrogen-bond acceptors (Lipinski definition) is 3. The van der Waals surface area contributed by atoms with Gasteiger partial charge >= 0.3 is 0 Å². The van der Waals surface area contributed by atoms with Crippen molar-refractivity contribution in [3.05, 3.63) is 30.1 Å². The smallest absolute Gasteiger partial charge is 0.240 e. The third-order valence-corrected chi connectivity index (χ3v) is 5.35. The van der Waals surface area contributed by atoms with Crippen LogP contribution in [-0.2, 0) is 11.3 Å². The molecule has 122 valence electrons. The van der Waals surface area contributed by atoms with Gasteiger partial charge in [0.05, 0.1) is 11.0 Å². The molecular formula is C18H24N4O. The molecule has 2 atom stereocenters. The average molecular weight is 312 g/mol. The molecule has 0 aliphatic carbocycles. The topological polar surface area (TPSA) is 50.2 Å². The number of benzene rings is 1. The number of aryl methyl sites for hydroxylation is 1. The number of piperidine rings is 1. The third kappa shape index (κ3) is 2.74. The van der Waals surface area contributed by atoms with Gasteiger partial charge in [-0.2, -0.15) is 0 Å². The molecule has 0 unspecified atom stereocenters. The number of rotatable bonds is 3. The lowest BCUT2D eigenvalue weighted by atomic mass is 9.99. The van der Waals surface area contributed by atoms with Gasteiger partial charge in [-0.05, 0) is 44.9 Å². The molecule has 0 saturated carbocycles. The summed E-state index contributed by atoms with van der Waals surface area (Å²) in [5.41, 5.74) is 1.99. The number of nitrogens with zero attached hydrogens (tertiary/aromatic N) is 3. The summed E-state index contributed by atoms with van der Waals surface area (Å²) < 4.78 is 2.01. The second-order valence-electron chi connectivity index (χ2n) is 6.80. The van der Waals surface area contributed by atoms with Gasteiger partial charge in [0, 0.05) is 18.6 Å². The van der Waals surface area contributed by atoms with Crippen LogP contribution in [0.5, 0.6) is 0 Å². The van der Waals surface area contributed by atoms with Crippen molar-refractivity contribution in [2.45, 2.75) is 51.2 Å². The normalized spacial score (nSPS) is 24.7. The highest BCUT2D eigenvalue weighted by molar-refractivity contribution is 5.81. The van der Waals surface area contributed by atoms with Gasteiger partial charge in [0.1, 0.15) is 12.4 Å². The van der Waals surface area contributed by atoms with Crippen molar-refractivity contribution < 1.29 is 4.79 Å². The first-order chi connectivity index (χ1) is 11.2. The van der Waals surface area contributed by atoms with Crippen molar-refractivity contribution in [2.75, 3.05) is 13.1 Å². The summed E-state index contributed by atoms with van der Waals surface area (Å²) in [6.07, 6.45) is 4.90. The van der Waals surface area contributed by atoms with E-state index in [-0.39, 0.29) is 5.91 Å². The van der Waals surface area contributed by atoms with Gasteiger partial charge in [0.25, 0.3) is 0 Å². The van der Waals surface area contributed by atoms with E-state index in [1.54, 1.807) is 0 Å². The minimum absolute atomic E-state index is 0.105. The molecule has 2 aromatic rings. The van der Waals surface area contributed by atoms with Gasteiger partial charge in [-0.3, -0.25) is 9.69 Å². The SMILES string of the molecule is Cc1nc2ccccc2n1CC(=O)N[C@@H]1CCN2CCCC[C@@H]12. The number of imidazole rings is 1. The summed E-state index contributed by atoms with van der Waals surface area (Å²) in [6, 6.07) is 8.87. The molecule has 5 heteroatoms. The van der Waals surface area contributed by atoms with E-state index in [4.69, 9.17) is 0 Å². The maximum absolute atomic E-state index is 12.6. The van der Waals surface area contributed by atoms with Crippen molar-refractivity contribution in [3.8, 4) is 0 Å². The van der Waals surface area contributed by atoms with E-state index in [0.29, 0.717) is 18.6 Å². The Hall–Kier alpha value is -1.88. The number of fused-ring (bicyclic) bond motifs is 2. The highest BCUT2D eigenvalue weighted by Crippen LogP contribution is 2.27. The molecule has 0 bridgehead atoms. The number of aromatic nitrogens is 2. The highest BCUT2D eigenvalue weighted by atomic mass is 16.2. The zero-order valence-electron chi connectivity index (χ0n) is 13.7. The van der Waals surface area contributed by atoms with Crippen LogP contribution in [0.2, 0.25) is 0 Å². The maximum atomic E-state index is 12.6. The molecular weight excluding hydrogens is 288 g/mol. The van der Waals surface area contributed by atoms with E-state index < -0.39 is 0 Å². The molecule has 1 N–H and O–H groups in total. The fraction of sp³-hybridized carbons (Fsp3) is 0.556. The van der Waals surface area contributed by atoms with E-state index in [1.165, 1.54) is 25.8 Å². The number of amides is 1. The monoisotopic (exact) mass is 312 g/mol. The summed E-state index contributed by atoms with van der Waals surface area (Å²) in [5, 5.41) is 3.28. The van der Waals surface area contributed by atoms with Crippen LogP contribution in [0.15, 0.2) is 24.3 Å². The first-order valence-electron chi connectivity index (χ1n) is 8.67. The second-order valence-corrected chi connectivity index (χ2v) is 6.80. The van der Waals surface area contributed by atoms with E-state index >= 15 is 0 Å². The second kappa shape index (κ2) is 5.96. The van der Waals surface area contributed by atoms with Gasteiger partial charge in [-0.1, -0.05) is 18.6 Å². The molecule has 2 aliphatic heterocycles. The lowest BCUT2D eigenvalue weighted by molar-refractivity contribution is -0.122. The van der Waals surface area contributed by atoms with Crippen LogP contribution in [0.4, 0.5) is 0 Å². The highest BCUT2D eigenvalue weighted by Gasteiger charge is 2.36. The van der Waals surface area contributed by atoms with Crippen molar-refractivity contribution >= 4 is 16.9 Å². The molecule has 1 aromatic carbocycles. The third-order valence-electron chi connectivity index (χ3n) is 5.35. The summed E-state index contributed by atoms with van der Waals surface area (Å²) in [4.78, 5) is 19.6. The number of carbonyl (C=O) groups excluding carboxylic acids is 1. The molecule has 5 nitrogen and oxygen atoms in total. The zero-order valence-corrected chi connectivity index (χ0v) is 13.7. The fourth-order valence-electron chi connectivity index (χ4n) is 4.21. The molecule has 1 amide bonds. The van der Waals surface area contributed by atoms with E-state index in [0.717, 1.165) is 29.8 Å². The van der Waals surface area contributed by atoms with Crippen LogP contribution in [0.3, 0.4) is 0 Å². The summed E-state index contributed by atoms with van der Waals surface area (Å²) in [7, 11) is 0. The van der Waals surface area contributed by atoms with Crippen LogP contribution < -0.4 is 5.32 Å². The van der Waals surface area contributed by atoms with Crippen LogP contribution >= 0.6 is 0 Å². The van der Waals surface area contributed by atoms with Crippen molar-refractivity contribution in [1.29, 1.82) is 0 Å². The summed E-state index contributed by atoms with van der Waals surface area (Å²) in [5.74, 6) is 1.00. The van der Waals surface area contributed by atoms with Crippen LogP contribution in [0.1, 0.15) is 31.5 Å². The molecule has 2 fully saturated rings. The first kappa shape index (κ1) is 14.7. The number of hydrogen-bond donors (Lipinski definition) is 1.